The summed E-state index contributed by atoms with van der Waals surface area (Å²) < 4.78 is 19.6. The first kappa shape index (κ1) is 19.3. The van der Waals surface area contributed by atoms with E-state index < -0.39 is 11.7 Å². The van der Waals surface area contributed by atoms with Crippen molar-refractivity contribution in [3.05, 3.63) is 58.3 Å². The van der Waals surface area contributed by atoms with E-state index in [0.29, 0.717) is 29.5 Å². The van der Waals surface area contributed by atoms with Crippen molar-refractivity contribution in [1.29, 1.82) is 0 Å². The Labute approximate surface area is 159 Å². The second kappa shape index (κ2) is 8.92. The first-order valence-electron chi connectivity index (χ1n) is 7.65. The number of amides is 1. The predicted molar refractivity (Wildman–Crippen MR) is 105 cm³/mol. The molecule has 0 heterocycles. The summed E-state index contributed by atoms with van der Waals surface area (Å²) in [5.41, 5.74) is 0.814. The summed E-state index contributed by atoms with van der Waals surface area (Å²) in [5.74, 6) is 0.00248. The molecule has 0 aliphatic heterocycles. The molecule has 0 aliphatic carbocycles. The summed E-state index contributed by atoms with van der Waals surface area (Å²) in [6.45, 7) is 4.54. The number of nitrogens with one attached hydrogen (secondary N) is 2. The topological polar surface area (TPSA) is 50.4 Å². The van der Waals surface area contributed by atoms with Crippen LogP contribution in [0.4, 0.5) is 10.1 Å². The minimum absolute atomic E-state index is 0.0744. The van der Waals surface area contributed by atoms with Crippen LogP contribution in [0.15, 0.2) is 46.9 Å². The van der Waals surface area contributed by atoms with Crippen LogP contribution in [0.3, 0.4) is 0 Å². The molecule has 0 aromatic heterocycles. The first-order chi connectivity index (χ1) is 11.8. The van der Waals surface area contributed by atoms with Crippen LogP contribution < -0.4 is 15.4 Å². The van der Waals surface area contributed by atoms with Crippen LogP contribution in [-0.2, 0) is 0 Å². The fourth-order valence-corrected chi connectivity index (χ4v) is 2.53. The van der Waals surface area contributed by atoms with Gasteiger partial charge in [-0.15, -0.1) is 0 Å². The van der Waals surface area contributed by atoms with Gasteiger partial charge in [-0.3, -0.25) is 10.1 Å². The summed E-state index contributed by atoms with van der Waals surface area (Å²) in [6.07, 6.45) is 0. The second-order valence-electron chi connectivity index (χ2n) is 5.76. The maximum Gasteiger partial charge on any atom is 0.261 e. The van der Waals surface area contributed by atoms with Gasteiger partial charge in [-0.1, -0.05) is 35.8 Å². The Morgan fingerprint density at radius 1 is 1.28 bits per heavy atom. The van der Waals surface area contributed by atoms with Crippen molar-refractivity contribution >= 4 is 44.9 Å². The Kier molecular flexibility index (Phi) is 6.90. The van der Waals surface area contributed by atoms with Crippen LogP contribution in [0.5, 0.6) is 5.75 Å². The standard InChI is InChI=1S/C18H18BrFN2O2S/c1-11(2)10-24-16-7-6-12(19)8-15(16)17(23)22-18(25)21-14-5-3-4-13(20)9-14/h3-9,11H,10H2,1-2H3,(H2,21,22,23,25). The molecule has 2 aromatic carbocycles. The van der Waals surface area contributed by atoms with E-state index in [1.165, 1.54) is 12.1 Å². The number of thiocarbonyl (C=S) groups is 1. The lowest BCUT2D eigenvalue weighted by Crippen LogP contribution is -2.34. The maximum atomic E-state index is 13.2. The summed E-state index contributed by atoms with van der Waals surface area (Å²) in [7, 11) is 0. The fourth-order valence-electron chi connectivity index (χ4n) is 1.96. The van der Waals surface area contributed by atoms with Gasteiger partial charge in [0.05, 0.1) is 12.2 Å². The van der Waals surface area contributed by atoms with Crippen molar-refractivity contribution in [3.63, 3.8) is 0 Å². The zero-order chi connectivity index (χ0) is 18.4. The third-order valence-corrected chi connectivity index (χ3v) is 3.77. The van der Waals surface area contributed by atoms with Crippen LogP contribution in [0.2, 0.25) is 0 Å². The minimum Gasteiger partial charge on any atom is -0.492 e. The SMILES string of the molecule is CC(C)COc1ccc(Br)cc1C(=O)NC(=S)Nc1cccc(F)c1. The van der Waals surface area contributed by atoms with Gasteiger partial charge >= 0.3 is 0 Å². The minimum atomic E-state index is -0.408. The highest BCUT2D eigenvalue weighted by Crippen LogP contribution is 2.24. The highest BCUT2D eigenvalue weighted by atomic mass is 79.9. The molecule has 132 valence electrons. The van der Waals surface area contributed by atoms with Gasteiger partial charge in [0, 0.05) is 10.2 Å². The molecule has 7 heteroatoms. The molecule has 2 N–H and O–H groups in total. The molecule has 0 bridgehead atoms. The highest BCUT2D eigenvalue weighted by Gasteiger charge is 2.15. The molecule has 0 radical (unpaired) electrons. The molecule has 2 rings (SSSR count). The van der Waals surface area contributed by atoms with Gasteiger partial charge in [0.25, 0.3) is 5.91 Å². The van der Waals surface area contributed by atoms with Gasteiger partial charge in [-0.25, -0.2) is 4.39 Å². The second-order valence-corrected chi connectivity index (χ2v) is 7.09. The van der Waals surface area contributed by atoms with Crippen molar-refractivity contribution in [2.45, 2.75) is 13.8 Å². The fraction of sp³-hybridized carbons (Fsp3) is 0.222. The molecule has 4 nitrogen and oxygen atoms in total. The third-order valence-electron chi connectivity index (χ3n) is 3.07. The normalized spacial score (nSPS) is 10.4. The molecule has 0 aliphatic rings. The van der Waals surface area contributed by atoms with E-state index in [0.717, 1.165) is 4.47 Å². The van der Waals surface area contributed by atoms with Crippen LogP contribution >= 0.6 is 28.1 Å². The molecule has 25 heavy (non-hydrogen) atoms. The van der Waals surface area contributed by atoms with E-state index in [1.807, 2.05) is 13.8 Å². The Hall–Kier alpha value is -1.99. The number of rotatable bonds is 5. The van der Waals surface area contributed by atoms with Gasteiger partial charge < -0.3 is 10.1 Å². The summed E-state index contributed by atoms with van der Waals surface area (Å²) in [6, 6.07) is 11.0. The number of ether oxygens (including phenoxy) is 1. The zero-order valence-corrected chi connectivity index (χ0v) is 16.2. The summed E-state index contributed by atoms with van der Waals surface area (Å²) in [5, 5.41) is 5.43. The van der Waals surface area contributed by atoms with Crippen molar-refractivity contribution in [1.82, 2.24) is 5.32 Å². The van der Waals surface area contributed by atoms with Crippen LogP contribution in [-0.4, -0.2) is 17.6 Å². The smallest absolute Gasteiger partial charge is 0.261 e. The number of anilines is 1. The van der Waals surface area contributed by atoms with Crippen molar-refractivity contribution in [3.8, 4) is 5.75 Å². The van der Waals surface area contributed by atoms with Gasteiger partial charge in [0.15, 0.2) is 5.11 Å². The van der Waals surface area contributed by atoms with Gasteiger partial charge in [-0.05, 0) is 54.5 Å². The largest absolute Gasteiger partial charge is 0.492 e. The first-order valence-corrected chi connectivity index (χ1v) is 8.85. The van der Waals surface area contributed by atoms with Crippen LogP contribution in [0.25, 0.3) is 0 Å². The lowest BCUT2D eigenvalue weighted by Gasteiger charge is -2.14. The molecule has 0 spiro atoms. The molecular weight excluding hydrogens is 407 g/mol. The van der Waals surface area contributed by atoms with E-state index in [9.17, 15) is 9.18 Å². The Bertz CT molecular complexity index is 783. The van der Waals surface area contributed by atoms with Gasteiger partial charge in [-0.2, -0.15) is 0 Å². The maximum absolute atomic E-state index is 13.2. The number of benzene rings is 2. The number of hydrogen-bond donors (Lipinski definition) is 2. The van der Waals surface area contributed by atoms with Crippen LogP contribution in [0.1, 0.15) is 24.2 Å². The third kappa shape index (κ3) is 6.10. The number of carbonyl (C=O) groups excluding carboxylic acids is 1. The molecule has 0 atom stereocenters. The van der Waals surface area contributed by atoms with Gasteiger partial charge in [0.1, 0.15) is 11.6 Å². The van der Waals surface area contributed by atoms with Crippen molar-refractivity contribution < 1.29 is 13.9 Å². The predicted octanol–water partition coefficient (Wildman–Crippen LogP) is 4.75. The zero-order valence-electron chi connectivity index (χ0n) is 13.8. The van der Waals surface area contributed by atoms with E-state index in [2.05, 4.69) is 26.6 Å². The quantitative estimate of drug-likeness (QED) is 0.679. The number of carbonyl (C=O) groups is 1. The molecule has 0 saturated carbocycles. The average molecular weight is 425 g/mol. The van der Waals surface area contributed by atoms with Gasteiger partial charge in [0.2, 0.25) is 0 Å². The number of halogens is 2. The number of hydrogen-bond acceptors (Lipinski definition) is 3. The molecule has 0 saturated heterocycles. The Balaban J connectivity index is 2.08. The Morgan fingerprint density at radius 2 is 2.04 bits per heavy atom. The van der Waals surface area contributed by atoms with Crippen molar-refractivity contribution in [2.24, 2.45) is 5.92 Å². The van der Waals surface area contributed by atoms with Crippen LogP contribution in [0, 0.1) is 11.7 Å². The monoisotopic (exact) mass is 424 g/mol. The van der Waals surface area contributed by atoms with E-state index in [1.54, 1.807) is 30.3 Å². The average Bonchev–Trinajstić information content (AvgIpc) is 2.53. The van der Waals surface area contributed by atoms with E-state index >= 15 is 0 Å². The molecule has 1 amide bonds. The highest BCUT2D eigenvalue weighted by molar-refractivity contribution is 9.10. The lowest BCUT2D eigenvalue weighted by molar-refractivity contribution is 0.0973. The van der Waals surface area contributed by atoms with E-state index in [-0.39, 0.29) is 5.11 Å². The summed E-state index contributed by atoms with van der Waals surface area (Å²) >= 11 is 8.47. The Morgan fingerprint density at radius 3 is 2.72 bits per heavy atom. The van der Waals surface area contributed by atoms with E-state index in [4.69, 9.17) is 17.0 Å². The molecular formula is C18H18BrFN2O2S. The molecule has 0 fully saturated rings. The van der Waals surface area contributed by atoms with Crippen molar-refractivity contribution in [2.75, 3.05) is 11.9 Å². The summed E-state index contributed by atoms with van der Waals surface area (Å²) in [4.78, 5) is 12.5. The lowest BCUT2D eigenvalue weighted by atomic mass is 10.2. The molecule has 2 aromatic rings. The molecule has 0 unspecified atom stereocenters.